The second-order valence-corrected chi connectivity index (χ2v) is 9.42. The standard InChI is InChI=1S/C21H24N2O3S/c1-15-9-11-22(12-10-15)21(24)14-23-19-8-7-16(2)13-18(19)17-5-3-4-6-20(17)27(23,25)26/h3-8,13,15H,9-12,14H2,1-2H3. The molecule has 0 radical (unpaired) electrons. The molecular weight excluding hydrogens is 360 g/mol. The number of sulfonamides is 1. The Bertz CT molecular complexity index is 992. The van der Waals surface area contributed by atoms with Gasteiger partial charge in [-0.25, -0.2) is 8.42 Å². The van der Waals surface area contributed by atoms with Gasteiger partial charge in [0.05, 0.1) is 10.6 Å². The van der Waals surface area contributed by atoms with Crippen molar-refractivity contribution in [3.8, 4) is 11.1 Å². The van der Waals surface area contributed by atoms with Crippen LogP contribution in [0.5, 0.6) is 0 Å². The van der Waals surface area contributed by atoms with E-state index in [0.29, 0.717) is 30.3 Å². The molecule has 1 fully saturated rings. The molecule has 1 amide bonds. The Kier molecular flexibility index (Phi) is 4.46. The molecule has 0 bridgehead atoms. The van der Waals surface area contributed by atoms with Crippen molar-refractivity contribution in [1.29, 1.82) is 0 Å². The molecule has 27 heavy (non-hydrogen) atoms. The summed E-state index contributed by atoms with van der Waals surface area (Å²) >= 11 is 0. The maximum atomic E-state index is 13.3. The number of carbonyl (C=O) groups excluding carboxylic acids is 1. The molecule has 5 nitrogen and oxygen atoms in total. The summed E-state index contributed by atoms with van der Waals surface area (Å²) in [6.45, 7) is 5.42. The molecule has 142 valence electrons. The van der Waals surface area contributed by atoms with Crippen LogP contribution in [0.4, 0.5) is 5.69 Å². The van der Waals surface area contributed by atoms with Gasteiger partial charge in [-0.2, -0.15) is 0 Å². The molecule has 2 aromatic rings. The lowest BCUT2D eigenvalue weighted by Gasteiger charge is -2.35. The number of benzene rings is 2. The molecule has 0 unspecified atom stereocenters. The smallest absolute Gasteiger partial charge is 0.265 e. The van der Waals surface area contributed by atoms with Crippen LogP contribution in [0.25, 0.3) is 11.1 Å². The van der Waals surface area contributed by atoms with E-state index in [2.05, 4.69) is 6.92 Å². The number of amides is 1. The lowest BCUT2D eigenvalue weighted by Crippen LogP contribution is -2.46. The average molecular weight is 385 g/mol. The van der Waals surface area contributed by atoms with Gasteiger partial charge in [0.1, 0.15) is 6.54 Å². The highest BCUT2D eigenvalue weighted by Crippen LogP contribution is 2.43. The first kappa shape index (κ1) is 18.0. The Morgan fingerprint density at radius 2 is 1.78 bits per heavy atom. The first-order chi connectivity index (χ1) is 12.9. The van der Waals surface area contributed by atoms with Crippen molar-refractivity contribution < 1.29 is 13.2 Å². The number of likely N-dealkylation sites (tertiary alicyclic amines) is 1. The Morgan fingerprint density at radius 3 is 2.52 bits per heavy atom. The van der Waals surface area contributed by atoms with E-state index in [-0.39, 0.29) is 17.3 Å². The SMILES string of the molecule is Cc1ccc2c(c1)-c1ccccc1S(=O)(=O)N2CC(=O)N1CCC(C)CC1. The van der Waals surface area contributed by atoms with Crippen LogP contribution < -0.4 is 4.31 Å². The fourth-order valence-corrected chi connectivity index (χ4v) is 5.54. The van der Waals surface area contributed by atoms with Crippen LogP contribution in [-0.4, -0.2) is 38.9 Å². The average Bonchev–Trinajstić information content (AvgIpc) is 2.66. The van der Waals surface area contributed by atoms with E-state index in [1.54, 1.807) is 17.0 Å². The van der Waals surface area contributed by atoms with Crippen molar-refractivity contribution in [2.24, 2.45) is 5.92 Å². The van der Waals surface area contributed by atoms with Crippen LogP contribution in [0.2, 0.25) is 0 Å². The molecule has 2 heterocycles. The summed E-state index contributed by atoms with van der Waals surface area (Å²) in [7, 11) is -3.77. The molecule has 0 aromatic heterocycles. The van der Waals surface area contributed by atoms with Crippen LogP contribution >= 0.6 is 0 Å². The highest BCUT2D eigenvalue weighted by molar-refractivity contribution is 7.93. The van der Waals surface area contributed by atoms with E-state index >= 15 is 0 Å². The zero-order valence-corrected chi connectivity index (χ0v) is 16.5. The van der Waals surface area contributed by atoms with Crippen molar-refractivity contribution in [3.63, 3.8) is 0 Å². The van der Waals surface area contributed by atoms with E-state index in [9.17, 15) is 13.2 Å². The van der Waals surface area contributed by atoms with Gasteiger partial charge in [-0.15, -0.1) is 0 Å². The third-order valence-electron chi connectivity index (χ3n) is 5.58. The largest absolute Gasteiger partial charge is 0.341 e. The summed E-state index contributed by atoms with van der Waals surface area (Å²) < 4.78 is 27.8. The lowest BCUT2D eigenvalue weighted by atomic mass is 9.99. The second-order valence-electron chi connectivity index (χ2n) is 7.59. The minimum Gasteiger partial charge on any atom is -0.341 e. The second kappa shape index (κ2) is 6.68. The summed E-state index contributed by atoms with van der Waals surface area (Å²) in [6, 6.07) is 12.7. The maximum Gasteiger partial charge on any atom is 0.265 e. The van der Waals surface area contributed by atoms with Crippen LogP contribution in [0.15, 0.2) is 47.4 Å². The topological polar surface area (TPSA) is 57.7 Å². The molecule has 0 aliphatic carbocycles. The number of nitrogens with zero attached hydrogens (tertiary/aromatic N) is 2. The summed E-state index contributed by atoms with van der Waals surface area (Å²) in [4.78, 5) is 14.9. The van der Waals surface area contributed by atoms with Gasteiger partial charge in [-0.3, -0.25) is 9.10 Å². The van der Waals surface area contributed by atoms with Crippen LogP contribution in [0, 0.1) is 12.8 Å². The summed E-state index contributed by atoms with van der Waals surface area (Å²) in [6.07, 6.45) is 1.94. The van der Waals surface area contributed by atoms with Crippen LogP contribution in [0.1, 0.15) is 25.3 Å². The van der Waals surface area contributed by atoms with E-state index in [0.717, 1.165) is 24.0 Å². The monoisotopic (exact) mass is 384 g/mol. The predicted octanol–water partition coefficient (Wildman–Crippen LogP) is 3.43. The fourth-order valence-electron chi connectivity index (χ4n) is 3.90. The molecule has 0 spiro atoms. The molecule has 6 heteroatoms. The van der Waals surface area contributed by atoms with Crippen LogP contribution in [-0.2, 0) is 14.8 Å². The molecule has 2 aromatic carbocycles. The molecule has 0 atom stereocenters. The Hall–Kier alpha value is -2.34. The van der Waals surface area contributed by atoms with Gasteiger partial charge in [0.15, 0.2) is 0 Å². The lowest BCUT2D eigenvalue weighted by molar-refractivity contribution is -0.130. The van der Waals surface area contributed by atoms with Gasteiger partial charge in [-0.1, -0.05) is 36.8 Å². The van der Waals surface area contributed by atoms with E-state index < -0.39 is 10.0 Å². The highest BCUT2D eigenvalue weighted by Gasteiger charge is 2.36. The van der Waals surface area contributed by atoms with Gasteiger partial charge in [-0.05, 0) is 43.9 Å². The molecule has 2 aliphatic rings. The molecule has 2 aliphatic heterocycles. The zero-order valence-electron chi connectivity index (χ0n) is 15.7. The van der Waals surface area contributed by atoms with Crippen molar-refractivity contribution in [3.05, 3.63) is 48.0 Å². The number of hydrogen-bond donors (Lipinski definition) is 0. The molecule has 0 saturated carbocycles. The number of hydrogen-bond acceptors (Lipinski definition) is 3. The number of piperidine rings is 1. The summed E-state index contributed by atoms with van der Waals surface area (Å²) in [5, 5.41) is 0. The minimum atomic E-state index is -3.77. The third kappa shape index (κ3) is 3.12. The third-order valence-corrected chi connectivity index (χ3v) is 7.40. The zero-order chi connectivity index (χ0) is 19.2. The number of aryl methyl sites for hydroxylation is 1. The van der Waals surface area contributed by atoms with Gasteiger partial charge >= 0.3 is 0 Å². The van der Waals surface area contributed by atoms with Gasteiger partial charge in [0.25, 0.3) is 10.0 Å². The van der Waals surface area contributed by atoms with Crippen molar-refractivity contribution in [2.75, 3.05) is 23.9 Å². The highest BCUT2D eigenvalue weighted by atomic mass is 32.2. The van der Waals surface area contributed by atoms with Crippen LogP contribution in [0.3, 0.4) is 0 Å². The predicted molar refractivity (Wildman–Crippen MR) is 106 cm³/mol. The first-order valence-electron chi connectivity index (χ1n) is 9.38. The molecule has 4 rings (SSSR count). The summed E-state index contributed by atoms with van der Waals surface area (Å²) in [5.41, 5.74) is 3.20. The minimum absolute atomic E-state index is 0.128. The quantitative estimate of drug-likeness (QED) is 0.797. The van der Waals surface area contributed by atoms with E-state index in [1.165, 1.54) is 4.31 Å². The number of carbonyl (C=O) groups is 1. The van der Waals surface area contributed by atoms with Crippen molar-refractivity contribution >= 4 is 21.6 Å². The Morgan fingerprint density at radius 1 is 1.07 bits per heavy atom. The van der Waals surface area contributed by atoms with E-state index in [1.807, 2.05) is 37.3 Å². The fraction of sp³-hybridized carbons (Fsp3) is 0.381. The number of rotatable bonds is 2. The summed E-state index contributed by atoms with van der Waals surface area (Å²) in [5.74, 6) is 0.486. The normalized spacial score (nSPS) is 18.7. The van der Waals surface area contributed by atoms with Crippen molar-refractivity contribution in [2.45, 2.75) is 31.6 Å². The Balaban J connectivity index is 1.74. The molecule has 0 N–H and O–H groups in total. The molecular formula is C21H24N2O3S. The first-order valence-corrected chi connectivity index (χ1v) is 10.8. The maximum absolute atomic E-state index is 13.3. The van der Waals surface area contributed by atoms with Gasteiger partial charge in [0, 0.05) is 24.2 Å². The van der Waals surface area contributed by atoms with Gasteiger partial charge in [0.2, 0.25) is 5.91 Å². The van der Waals surface area contributed by atoms with Crippen molar-refractivity contribution in [1.82, 2.24) is 4.90 Å². The van der Waals surface area contributed by atoms with E-state index in [4.69, 9.17) is 0 Å². The number of anilines is 1. The number of fused-ring (bicyclic) bond motifs is 3. The molecule has 1 saturated heterocycles. The van der Waals surface area contributed by atoms with Gasteiger partial charge < -0.3 is 4.90 Å². The Labute approximate surface area is 160 Å².